The van der Waals surface area contributed by atoms with Gasteiger partial charge in [0.15, 0.2) is 0 Å². The smallest absolute Gasteiger partial charge is 0.207 e. The Hall–Kier alpha value is -1.68. The van der Waals surface area contributed by atoms with E-state index in [-0.39, 0.29) is 11.4 Å². The summed E-state index contributed by atoms with van der Waals surface area (Å²) in [5, 5.41) is 8.87. The highest BCUT2D eigenvalue weighted by atomic mass is 79.9. The lowest BCUT2D eigenvalue weighted by Crippen LogP contribution is -2.26. The number of hydrogen-bond acceptors (Lipinski definition) is 3. The molecule has 0 heterocycles. The molecule has 0 saturated heterocycles. The molecule has 0 aliphatic heterocycles. The highest BCUT2D eigenvalue weighted by molar-refractivity contribution is 9.10. The molecule has 2 rings (SSSR count). The van der Waals surface area contributed by atoms with Crippen molar-refractivity contribution in [3.8, 4) is 6.07 Å². The minimum absolute atomic E-state index is 0.121. The molecule has 0 bridgehead atoms. The number of nitriles is 1. The van der Waals surface area contributed by atoms with Crippen LogP contribution in [-0.2, 0) is 16.6 Å². The third-order valence-corrected chi connectivity index (χ3v) is 5.60. The Bertz CT molecular complexity index is 797. The first-order chi connectivity index (χ1) is 9.95. The van der Waals surface area contributed by atoms with Gasteiger partial charge in [-0.1, -0.05) is 40.2 Å². The zero-order chi connectivity index (χ0) is 15.5. The van der Waals surface area contributed by atoms with E-state index in [9.17, 15) is 8.42 Å². The molecule has 0 unspecified atom stereocenters. The number of nitrogens with zero attached hydrogens (tertiary/aromatic N) is 2. The van der Waals surface area contributed by atoms with Crippen LogP contribution in [0.5, 0.6) is 0 Å². The maximum absolute atomic E-state index is 12.5. The lowest BCUT2D eigenvalue weighted by molar-refractivity contribution is 0.466. The molecule has 108 valence electrons. The van der Waals surface area contributed by atoms with E-state index in [0.29, 0.717) is 5.56 Å². The monoisotopic (exact) mass is 364 g/mol. The summed E-state index contributed by atoms with van der Waals surface area (Å²) < 4.78 is 27.2. The van der Waals surface area contributed by atoms with Crippen molar-refractivity contribution in [1.29, 1.82) is 5.26 Å². The Balaban J connectivity index is 2.31. The van der Waals surface area contributed by atoms with E-state index in [1.807, 2.05) is 30.3 Å². The van der Waals surface area contributed by atoms with Crippen molar-refractivity contribution >= 4 is 26.0 Å². The quantitative estimate of drug-likeness (QED) is 0.836. The molecule has 0 aromatic heterocycles. The van der Waals surface area contributed by atoms with Crippen LogP contribution in [0.3, 0.4) is 0 Å². The predicted octanol–water partition coefficient (Wildman–Crippen LogP) is 3.14. The van der Waals surface area contributed by atoms with Crippen molar-refractivity contribution in [3.05, 3.63) is 64.1 Å². The predicted molar refractivity (Wildman–Crippen MR) is 84.0 cm³/mol. The van der Waals surface area contributed by atoms with Gasteiger partial charge in [-0.2, -0.15) is 9.57 Å². The molecule has 2 aromatic carbocycles. The lowest BCUT2D eigenvalue weighted by Gasteiger charge is -2.18. The molecule has 0 radical (unpaired) electrons. The molecule has 0 atom stereocenters. The summed E-state index contributed by atoms with van der Waals surface area (Å²) >= 11 is 3.41. The van der Waals surface area contributed by atoms with Gasteiger partial charge in [-0.05, 0) is 29.8 Å². The summed E-state index contributed by atoms with van der Waals surface area (Å²) in [6.45, 7) is 0.251. The second kappa shape index (κ2) is 6.39. The minimum atomic E-state index is -3.63. The molecule has 0 aliphatic carbocycles. The van der Waals surface area contributed by atoms with Crippen LogP contribution in [-0.4, -0.2) is 19.8 Å². The van der Waals surface area contributed by atoms with Gasteiger partial charge < -0.3 is 0 Å². The zero-order valence-electron chi connectivity index (χ0n) is 11.3. The largest absolute Gasteiger partial charge is 0.243 e. The van der Waals surface area contributed by atoms with Gasteiger partial charge in [0.05, 0.1) is 16.5 Å². The standard InChI is InChI=1S/C15H13BrN2O2S/c1-18(11-13-6-2-3-8-15(13)16)21(19,20)14-7-4-5-12(9-14)10-17/h2-9H,11H2,1H3. The van der Waals surface area contributed by atoms with E-state index in [1.165, 1.54) is 23.5 Å². The van der Waals surface area contributed by atoms with Crippen molar-refractivity contribution in [1.82, 2.24) is 4.31 Å². The summed E-state index contributed by atoms with van der Waals surface area (Å²) in [6.07, 6.45) is 0. The summed E-state index contributed by atoms with van der Waals surface area (Å²) in [5.41, 5.74) is 1.20. The average molecular weight is 365 g/mol. The van der Waals surface area contributed by atoms with Crippen LogP contribution >= 0.6 is 15.9 Å². The van der Waals surface area contributed by atoms with E-state index in [1.54, 1.807) is 12.1 Å². The van der Waals surface area contributed by atoms with Gasteiger partial charge >= 0.3 is 0 Å². The molecule has 0 fully saturated rings. The number of sulfonamides is 1. The number of benzene rings is 2. The Labute approximate surface area is 132 Å². The molecule has 4 nitrogen and oxygen atoms in total. The second-order valence-corrected chi connectivity index (χ2v) is 7.39. The summed E-state index contributed by atoms with van der Waals surface area (Å²) in [7, 11) is -2.10. The zero-order valence-corrected chi connectivity index (χ0v) is 13.7. The average Bonchev–Trinajstić information content (AvgIpc) is 2.49. The van der Waals surface area contributed by atoms with Crippen LogP contribution in [0.25, 0.3) is 0 Å². The first-order valence-corrected chi connectivity index (χ1v) is 8.38. The first-order valence-electron chi connectivity index (χ1n) is 6.15. The van der Waals surface area contributed by atoms with E-state index in [2.05, 4.69) is 15.9 Å². The maximum Gasteiger partial charge on any atom is 0.243 e. The fourth-order valence-corrected chi connectivity index (χ4v) is 3.46. The third-order valence-electron chi connectivity index (χ3n) is 3.02. The molecule has 0 amide bonds. The molecular weight excluding hydrogens is 352 g/mol. The van der Waals surface area contributed by atoms with E-state index in [4.69, 9.17) is 5.26 Å². The minimum Gasteiger partial charge on any atom is -0.207 e. The van der Waals surface area contributed by atoms with Crippen molar-refractivity contribution in [3.63, 3.8) is 0 Å². The van der Waals surface area contributed by atoms with Gasteiger partial charge in [0.2, 0.25) is 10.0 Å². The Morgan fingerprint density at radius 1 is 1.19 bits per heavy atom. The molecule has 0 aliphatic rings. The summed E-state index contributed by atoms with van der Waals surface area (Å²) in [6, 6.07) is 15.4. The van der Waals surface area contributed by atoms with Gasteiger partial charge in [-0.3, -0.25) is 0 Å². The van der Waals surface area contributed by atoms with Crippen molar-refractivity contribution in [2.45, 2.75) is 11.4 Å². The molecule has 2 aromatic rings. The lowest BCUT2D eigenvalue weighted by atomic mass is 10.2. The first kappa shape index (κ1) is 15.7. The maximum atomic E-state index is 12.5. The van der Waals surface area contributed by atoms with Crippen LogP contribution in [0.2, 0.25) is 0 Å². The topological polar surface area (TPSA) is 61.2 Å². The molecule has 0 spiro atoms. The number of halogens is 1. The van der Waals surface area contributed by atoms with E-state index >= 15 is 0 Å². The number of rotatable bonds is 4. The van der Waals surface area contributed by atoms with Crippen LogP contribution in [0.4, 0.5) is 0 Å². The van der Waals surface area contributed by atoms with E-state index < -0.39 is 10.0 Å². The van der Waals surface area contributed by atoms with Gasteiger partial charge in [0, 0.05) is 18.1 Å². The fourth-order valence-electron chi connectivity index (χ4n) is 1.86. The summed E-state index contributed by atoms with van der Waals surface area (Å²) in [5.74, 6) is 0. The third kappa shape index (κ3) is 3.50. The fraction of sp³-hybridized carbons (Fsp3) is 0.133. The van der Waals surface area contributed by atoms with Gasteiger partial charge in [0.1, 0.15) is 0 Å². The van der Waals surface area contributed by atoms with Crippen LogP contribution in [0.15, 0.2) is 57.9 Å². The Morgan fingerprint density at radius 3 is 2.57 bits per heavy atom. The van der Waals surface area contributed by atoms with Gasteiger partial charge in [0.25, 0.3) is 0 Å². The highest BCUT2D eigenvalue weighted by Crippen LogP contribution is 2.21. The number of hydrogen-bond donors (Lipinski definition) is 0. The van der Waals surface area contributed by atoms with Crippen molar-refractivity contribution in [2.75, 3.05) is 7.05 Å². The van der Waals surface area contributed by atoms with E-state index in [0.717, 1.165) is 10.0 Å². The Morgan fingerprint density at radius 2 is 1.90 bits per heavy atom. The highest BCUT2D eigenvalue weighted by Gasteiger charge is 2.21. The molecule has 0 saturated carbocycles. The van der Waals surface area contributed by atoms with Crippen molar-refractivity contribution < 1.29 is 8.42 Å². The second-order valence-electron chi connectivity index (χ2n) is 4.49. The summed E-state index contributed by atoms with van der Waals surface area (Å²) in [4.78, 5) is 0.121. The van der Waals surface area contributed by atoms with Crippen LogP contribution in [0.1, 0.15) is 11.1 Å². The SMILES string of the molecule is CN(Cc1ccccc1Br)S(=O)(=O)c1cccc(C#N)c1. The molecule has 21 heavy (non-hydrogen) atoms. The Kier molecular flexibility index (Phi) is 4.78. The molecular formula is C15H13BrN2O2S. The molecule has 0 N–H and O–H groups in total. The normalized spacial score (nSPS) is 11.3. The van der Waals surface area contributed by atoms with Gasteiger partial charge in [-0.15, -0.1) is 0 Å². The van der Waals surface area contributed by atoms with Crippen LogP contribution in [0, 0.1) is 11.3 Å². The van der Waals surface area contributed by atoms with Crippen molar-refractivity contribution in [2.24, 2.45) is 0 Å². The van der Waals surface area contributed by atoms with Gasteiger partial charge in [-0.25, -0.2) is 8.42 Å². The molecule has 6 heteroatoms. The van der Waals surface area contributed by atoms with Crippen LogP contribution < -0.4 is 0 Å².